The average Bonchev–Trinajstić information content (AvgIpc) is 2.51. The molecule has 0 saturated carbocycles. The SMILES string of the molecule is COCC(C)OC(=O)C1CCNC1C. The van der Waals surface area contributed by atoms with Gasteiger partial charge in [-0.1, -0.05) is 0 Å². The fourth-order valence-corrected chi connectivity index (χ4v) is 1.74. The van der Waals surface area contributed by atoms with Crippen LogP contribution in [0.4, 0.5) is 0 Å². The van der Waals surface area contributed by atoms with E-state index in [0.29, 0.717) is 6.61 Å². The van der Waals surface area contributed by atoms with Crippen LogP contribution >= 0.6 is 0 Å². The Morgan fingerprint density at radius 2 is 2.36 bits per heavy atom. The Kier molecular flexibility index (Phi) is 4.35. The lowest BCUT2D eigenvalue weighted by molar-refractivity contribution is -0.155. The predicted molar refractivity (Wildman–Crippen MR) is 53.0 cm³/mol. The van der Waals surface area contributed by atoms with Crippen molar-refractivity contribution in [2.24, 2.45) is 5.92 Å². The Bertz CT molecular complexity index is 196. The Morgan fingerprint density at radius 3 is 2.86 bits per heavy atom. The maximum absolute atomic E-state index is 11.6. The highest BCUT2D eigenvalue weighted by molar-refractivity contribution is 5.73. The minimum atomic E-state index is -0.153. The molecule has 0 amide bonds. The fourth-order valence-electron chi connectivity index (χ4n) is 1.74. The molecule has 1 N–H and O–H groups in total. The molecule has 4 nitrogen and oxygen atoms in total. The summed E-state index contributed by atoms with van der Waals surface area (Å²) in [6.45, 7) is 5.22. The third-order valence-corrected chi connectivity index (χ3v) is 2.55. The minimum Gasteiger partial charge on any atom is -0.460 e. The first kappa shape index (κ1) is 11.5. The van der Waals surface area contributed by atoms with Crippen molar-refractivity contribution in [1.29, 1.82) is 0 Å². The molecule has 0 bridgehead atoms. The van der Waals surface area contributed by atoms with E-state index in [1.807, 2.05) is 13.8 Å². The Hall–Kier alpha value is -0.610. The number of methoxy groups -OCH3 is 1. The number of esters is 1. The van der Waals surface area contributed by atoms with Gasteiger partial charge in [-0.25, -0.2) is 0 Å². The average molecular weight is 201 g/mol. The van der Waals surface area contributed by atoms with E-state index in [0.717, 1.165) is 13.0 Å². The van der Waals surface area contributed by atoms with E-state index in [4.69, 9.17) is 9.47 Å². The smallest absolute Gasteiger partial charge is 0.310 e. The van der Waals surface area contributed by atoms with Gasteiger partial charge in [-0.15, -0.1) is 0 Å². The van der Waals surface area contributed by atoms with Gasteiger partial charge in [0.05, 0.1) is 12.5 Å². The zero-order valence-electron chi connectivity index (χ0n) is 9.08. The van der Waals surface area contributed by atoms with E-state index >= 15 is 0 Å². The van der Waals surface area contributed by atoms with Gasteiger partial charge >= 0.3 is 5.97 Å². The maximum atomic E-state index is 11.6. The summed E-state index contributed by atoms with van der Waals surface area (Å²) in [4.78, 5) is 11.6. The molecule has 3 unspecified atom stereocenters. The number of rotatable bonds is 4. The van der Waals surface area contributed by atoms with Crippen molar-refractivity contribution in [3.8, 4) is 0 Å². The van der Waals surface area contributed by atoms with Gasteiger partial charge in [0.2, 0.25) is 0 Å². The second-order valence-corrected chi connectivity index (χ2v) is 3.84. The first-order valence-corrected chi connectivity index (χ1v) is 5.08. The molecule has 0 aromatic heterocycles. The van der Waals surface area contributed by atoms with Crippen LogP contribution in [0.25, 0.3) is 0 Å². The Morgan fingerprint density at radius 1 is 1.64 bits per heavy atom. The van der Waals surface area contributed by atoms with Crippen LogP contribution < -0.4 is 5.32 Å². The number of carbonyl (C=O) groups excluding carboxylic acids is 1. The summed E-state index contributed by atoms with van der Waals surface area (Å²) in [6, 6.07) is 0.234. The number of hydrogen-bond acceptors (Lipinski definition) is 4. The van der Waals surface area contributed by atoms with Crippen molar-refractivity contribution in [2.45, 2.75) is 32.4 Å². The summed E-state index contributed by atoms with van der Waals surface area (Å²) in [5.74, 6) is -0.0960. The van der Waals surface area contributed by atoms with Crippen molar-refractivity contribution in [2.75, 3.05) is 20.3 Å². The molecule has 1 rings (SSSR count). The van der Waals surface area contributed by atoms with Crippen molar-refractivity contribution in [1.82, 2.24) is 5.32 Å². The number of ether oxygens (including phenoxy) is 2. The highest BCUT2D eigenvalue weighted by atomic mass is 16.6. The lowest BCUT2D eigenvalue weighted by Crippen LogP contribution is -2.32. The van der Waals surface area contributed by atoms with Gasteiger partial charge in [-0.2, -0.15) is 0 Å². The van der Waals surface area contributed by atoms with Crippen molar-refractivity contribution < 1.29 is 14.3 Å². The highest BCUT2D eigenvalue weighted by Gasteiger charge is 2.31. The quantitative estimate of drug-likeness (QED) is 0.675. The van der Waals surface area contributed by atoms with E-state index in [-0.39, 0.29) is 24.0 Å². The monoisotopic (exact) mass is 201 g/mol. The van der Waals surface area contributed by atoms with Crippen LogP contribution in [0.3, 0.4) is 0 Å². The molecule has 0 spiro atoms. The van der Waals surface area contributed by atoms with Crippen molar-refractivity contribution >= 4 is 5.97 Å². The molecule has 1 heterocycles. The summed E-state index contributed by atoms with van der Waals surface area (Å²) in [5.41, 5.74) is 0. The number of nitrogens with one attached hydrogen (secondary N) is 1. The zero-order chi connectivity index (χ0) is 10.6. The van der Waals surface area contributed by atoms with Gasteiger partial charge in [0.25, 0.3) is 0 Å². The zero-order valence-corrected chi connectivity index (χ0v) is 9.08. The van der Waals surface area contributed by atoms with E-state index in [2.05, 4.69) is 5.32 Å². The largest absolute Gasteiger partial charge is 0.460 e. The second-order valence-electron chi connectivity index (χ2n) is 3.84. The van der Waals surface area contributed by atoms with E-state index in [9.17, 15) is 4.79 Å². The lowest BCUT2D eigenvalue weighted by Gasteiger charge is -2.17. The summed E-state index contributed by atoms with van der Waals surface area (Å²) in [7, 11) is 1.60. The van der Waals surface area contributed by atoms with Gasteiger partial charge in [0, 0.05) is 13.2 Å². The molecule has 1 fully saturated rings. The first-order chi connectivity index (χ1) is 6.65. The molecule has 4 heteroatoms. The number of carbonyl (C=O) groups is 1. The van der Waals surface area contributed by atoms with Gasteiger partial charge in [0.15, 0.2) is 0 Å². The van der Waals surface area contributed by atoms with Gasteiger partial charge in [-0.05, 0) is 26.8 Å². The predicted octanol–water partition coefficient (Wildman–Crippen LogP) is 0.562. The maximum Gasteiger partial charge on any atom is 0.310 e. The lowest BCUT2D eigenvalue weighted by atomic mass is 10.0. The van der Waals surface area contributed by atoms with Crippen LogP contribution in [0.2, 0.25) is 0 Å². The third-order valence-electron chi connectivity index (χ3n) is 2.55. The molecular formula is C10H19NO3. The topological polar surface area (TPSA) is 47.6 Å². The molecule has 82 valence electrons. The molecule has 1 aliphatic rings. The summed E-state index contributed by atoms with van der Waals surface area (Å²) in [5, 5.41) is 3.22. The summed E-state index contributed by atoms with van der Waals surface area (Å²) in [6.07, 6.45) is 0.722. The Balaban J connectivity index is 2.33. The second kappa shape index (κ2) is 5.32. The molecular weight excluding hydrogens is 182 g/mol. The van der Waals surface area contributed by atoms with Crippen LogP contribution in [0, 0.1) is 5.92 Å². The van der Waals surface area contributed by atoms with Crippen molar-refractivity contribution in [3.63, 3.8) is 0 Å². The van der Waals surface area contributed by atoms with Gasteiger partial charge in [0.1, 0.15) is 6.10 Å². The molecule has 0 aromatic carbocycles. The van der Waals surface area contributed by atoms with Gasteiger partial charge in [-0.3, -0.25) is 4.79 Å². The normalized spacial score (nSPS) is 28.8. The van der Waals surface area contributed by atoms with Crippen molar-refractivity contribution in [3.05, 3.63) is 0 Å². The fraction of sp³-hybridized carbons (Fsp3) is 0.900. The van der Waals surface area contributed by atoms with E-state index in [1.54, 1.807) is 7.11 Å². The minimum absolute atomic E-state index is 0.00862. The van der Waals surface area contributed by atoms with Crippen LogP contribution in [0.1, 0.15) is 20.3 Å². The Labute approximate surface area is 85.0 Å². The molecule has 1 saturated heterocycles. The van der Waals surface area contributed by atoms with E-state index < -0.39 is 0 Å². The molecule has 0 radical (unpaired) electrons. The van der Waals surface area contributed by atoms with Gasteiger partial charge < -0.3 is 14.8 Å². The number of hydrogen-bond donors (Lipinski definition) is 1. The first-order valence-electron chi connectivity index (χ1n) is 5.08. The van der Waals surface area contributed by atoms with Crippen LogP contribution in [-0.2, 0) is 14.3 Å². The molecule has 3 atom stereocenters. The van der Waals surface area contributed by atoms with Crippen LogP contribution in [0.15, 0.2) is 0 Å². The van der Waals surface area contributed by atoms with Crippen LogP contribution in [-0.4, -0.2) is 38.4 Å². The molecule has 14 heavy (non-hydrogen) atoms. The molecule has 0 aromatic rings. The third kappa shape index (κ3) is 2.96. The highest BCUT2D eigenvalue weighted by Crippen LogP contribution is 2.17. The standard InChI is InChI=1S/C10H19NO3/c1-7(6-13-3)14-10(12)9-4-5-11-8(9)2/h7-9,11H,4-6H2,1-3H3. The summed E-state index contributed by atoms with van der Waals surface area (Å²) >= 11 is 0. The summed E-state index contributed by atoms with van der Waals surface area (Å²) < 4.78 is 10.1. The van der Waals surface area contributed by atoms with Crippen LogP contribution in [0.5, 0.6) is 0 Å². The van der Waals surface area contributed by atoms with E-state index in [1.165, 1.54) is 0 Å². The molecule has 1 aliphatic heterocycles. The molecule has 0 aliphatic carbocycles.